The van der Waals surface area contributed by atoms with Crippen LogP contribution in [0.1, 0.15) is 22.7 Å². The van der Waals surface area contributed by atoms with Crippen molar-refractivity contribution < 1.29 is 9.53 Å². The van der Waals surface area contributed by atoms with Crippen molar-refractivity contribution in [2.45, 2.75) is 12.6 Å². The molecule has 1 aromatic heterocycles. The number of aromatic nitrogens is 2. The van der Waals surface area contributed by atoms with Gasteiger partial charge in [0.2, 0.25) is 5.62 Å². The summed E-state index contributed by atoms with van der Waals surface area (Å²) in [5.41, 5.74) is 3.95. The number of rotatable bonds is 6. The molecular formula is C27H24N4O3. The Balaban J connectivity index is 1.33. The van der Waals surface area contributed by atoms with Crippen LogP contribution >= 0.6 is 0 Å². The quantitative estimate of drug-likeness (QED) is 0.430. The smallest absolute Gasteiger partial charge is 0.274 e. The maximum absolute atomic E-state index is 13.1. The lowest BCUT2D eigenvalue weighted by molar-refractivity contribution is -0.133. The van der Waals surface area contributed by atoms with Gasteiger partial charge in [-0.1, -0.05) is 67.2 Å². The molecule has 34 heavy (non-hydrogen) atoms. The third-order valence-electron chi connectivity index (χ3n) is 6.05. The van der Waals surface area contributed by atoms with Gasteiger partial charge >= 0.3 is 0 Å². The van der Waals surface area contributed by atoms with E-state index in [0.717, 1.165) is 22.4 Å². The summed E-state index contributed by atoms with van der Waals surface area (Å²) in [5, 5.41) is 0.361. The van der Waals surface area contributed by atoms with Gasteiger partial charge in [0.1, 0.15) is 11.1 Å². The lowest BCUT2D eigenvalue weighted by atomic mass is 9.97. The molecule has 0 unspecified atom stereocenters. The number of hydrogen-bond donors (Lipinski definition) is 1. The number of aromatic amines is 1. The molecule has 3 aromatic carbocycles. The molecule has 0 bridgehead atoms. The summed E-state index contributed by atoms with van der Waals surface area (Å²) in [6.45, 7) is 4.17. The summed E-state index contributed by atoms with van der Waals surface area (Å²) in [4.78, 5) is 33.9. The van der Waals surface area contributed by atoms with E-state index >= 15 is 0 Å². The molecule has 1 aliphatic heterocycles. The minimum Gasteiger partial charge on any atom is -0.484 e. The van der Waals surface area contributed by atoms with E-state index in [9.17, 15) is 9.59 Å². The number of imidazole rings is 1. The molecule has 7 nitrogen and oxygen atoms in total. The largest absolute Gasteiger partial charge is 0.484 e. The third kappa shape index (κ3) is 4.03. The molecule has 0 radical (unpaired) electrons. The number of H-pyrrole nitrogens is 1. The van der Waals surface area contributed by atoms with Crippen molar-refractivity contribution in [1.82, 2.24) is 14.5 Å². The van der Waals surface area contributed by atoms with Crippen molar-refractivity contribution in [3.05, 3.63) is 117 Å². The van der Waals surface area contributed by atoms with Gasteiger partial charge < -0.3 is 14.2 Å². The SMILES string of the molecule is C=c1c(=O)[nH]c2n1Cc1cc(OCC(=O)N(C)C(c3ccccc3)c3ccccc3)ccc1N=2. The number of nitrogens with one attached hydrogen (secondary N) is 1. The van der Waals surface area contributed by atoms with E-state index in [0.29, 0.717) is 23.3 Å². The monoisotopic (exact) mass is 452 g/mol. The van der Waals surface area contributed by atoms with Crippen molar-refractivity contribution in [2.24, 2.45) is 4.99 Å². The Bertz CT molecular complexity index is 1470. The van der Waals surface area contributed by atoms with E-state index in [4.69, 9.17) is 4.74 Å². The summed E-state index contributed by atoms with van der Waals surface area (Å²) < 4.78 is 7.61. The van der Waals surface area contributed by atoms with E-state index in [2.05, 4.69) is 16.6 Å². The van der Waals surface area contributed by atoms with Gasteiger partial charge in [0.05, 0.1) is 18.3 Å². The van der Waals surface area contributed by atoms with Crippen LogP contribution in [0.2, 0.25) is 0 Å². The van der Waals surface area contributed by atoms with Crippen LogP contribution in [0.25, 0.3) is 6.58 Å². The molecule has 4 aromatic rings. The number of likely N-dealkylation sites (N-methyl/N-ethyl adjacent to an activating group) is 1. The van der Waals surface area contributed by atoms with E-state index in [1.165, 1.54) is 0 Å². The van der Waals surface area contributed by atoms with Crippen molar-refractivity contribution in [2.75, 3.05) is 13.7 Å². The van der Waals surface area contributed by atoms with Gasteiger partial charge in [-0.15, -0.1) is 0 Å². The van der Waals surface area contributed by atoms with Crippen LogP contribution in [0.3, 0.4) is 0 Å². The van der Waals surface area contributed by atoms with Crippen LogP contribution in [0, 0.1) is 0 Å². The summed E-state index contributed by atoms with van der Waals surface area (Å²) in [6.07, 6.45) is 0. The molecule has 0 aliphatic carbocycles. The topological polar surface area (TPSA) is 79.7 Å². The Labute approximate surface area is 196 Å². The fourth-order valence-corrected chi connectivity index (χ4v) is 4.22. The molecule has 170 valence electrons. The van der Waals surface area contributed by atoms with Gasteiger partial charge in [-0.05, 0) is 29.3 Å². The standard InChI is InChI=1S/C27H24N4O3/c1-18-26(33)29-27-28-23-14-13-22(15-21(23)16-31(18)27)34-17-24(32)30(2)25(19-9-5-3-6-10-19)20-11-7-4-8-12-20/h3-15,25H,1,16-17H2,2H3,(H,28,29,33). The highest BCUT2D eigenvalue weighted by Crippen LogP contribution is 2.29. The summed E-state index contributed by atoms with van der Waals surface area (Å²) in [5.74, 6) is 0.428. The second kappa shape index (κ2) is 8.86. The van der Waals surface area contributed by atoms with Gasteiger partial charge in [0.25, 0.3) is 11.5 Å². The first-order valence-electron chi connectivity index (χ1n) is 11.0. The first-order chi connectivity index (χ1) is 16.5. The number of ether oxygens (including phenoxy) is 1. The predicted octanol–water partition coefficient (Wildman–Crippen LogP) is 2.53. The zero-order chi connectivity index (χ0) is 23.7. The molecule has 1 aliphatic rings. The number of benzene rings is 3. The number of carbonyl (C=O) groups excluding carboxylic acids is 1. The van der Waals surface area contributed by atoms with Crippen molar-refractivity contribution >= 4 is 18.2 Å². The van der Waals surface area contributed by atoms with Crippen LogP contribution in [-0.2, 0) is 11.3 Å². The molecule has 0 atom stereocenters. The van der Waals surface area contributed by atoms with Gasteiger partial charge in [-0.3, -0.25) is 14.6 Å². The van der Waals surface area contributed by atoms with E-state index in [1.54, 1.807) is 22.6 Å². The maximum Gasteiger partial charge on any atom is 0.274 e. The Morgan fingerprint density at radius 1 is 1.09 bits per heavy atom. The van der Waals surface area contributed by atoms with E-state index in [1.807, 2.05) is 72.8 Å². The van der Waals surface area contributed by atoms with Gasteiger partial charge in [-0.2, -0.15) is 0 Å². The minimum atomic E-state index is -0.247. The highest BCUT2D eigenvalue weighted by Gasteiger charge is 2.24. The first-order valence-corrected chi connectivity index (χ1v) is 11.0. The summed E-state index contributed by atoms with van der Waals surface area (Å²) in [7, 11) is 1.79. The lowest BCUT2D eigenvalue weighted by Crippen LogP contribution is -2.35. The average molecular weight is 453 g/mol. The zero-order valence-corrected chi connectivity index (χ0v) is 18.8. The Morgan fingerprint density at radius 3 is 2.38 bits per heavy atom. The lowest BCUT2D eigenvalue weighted by Gasteiger charge is -2.29. The second-order valence-corrected chi connectivity index (χ2v) is 8.23. The molecule has 0 spiro atoms. The van der Waals surface area contributed by atoms with Crippen LogP contribution in [0.5, 0.6) is 5.75 Å². The van der Waals surface area contributed by atoms with Gasteiger partial charge in [0.15, 0.2) is 6.61 Å². The molecule has 0 fully saturated rings. The van der Waals surface area contributed by atoms with Crippen molar-refractivity contribution in [3.8, 4) is 5.75 Å². The Kier molecular flexibility index (Phi) is 5.59. The number of amides is 1. The molecule has 0 saturated heterocycles. The Morgan fingerprint density at radius 2 is 1.74 bits per heavy atom. The minimum absolute atomic E-state index is 0.101. The van der Waals surface area contributed by atoms with Crippen molar-refractivity contribution in [1.29, 1.82) is 0 Å². The molecule has 7 heteroatoms. The normalized spacial score (nSPS) is 11.9. The second-order valence-electron chi connectivity index (χ2n) is 8.23. The number of carbonyl (C=O) groups is 1. The molecule has 1 amide bonds. The fourth-order valence-electron chi connectivity index (χ4n) is 4.22. The maximum atomic E-state index is 13.1. The van der Waals surface area contributed by atoms with E-state index < -0.39 is 0 Å². The average Bonchev–Trinajstić information content (AvgIpc) is 3.14. The Hall–Kier alpha value is -4.39. The molecule has 2 heterocycles. The highest BCUT2D eigenvalue weighted by molar-refractivity contribution is 5.78. The van der Waals surface area contributed by atoms with Crippen LogP contribution in [-0.4, -0.2) is 34.0 Å². The van der Waals surface area contributed by atoms with Crippen LogP contribution in [0.15, 0.2) is 88.6 Å². The fraction of sp³-hybridized carbons (Fsp3) is 0.148. The molecule has 0 saturated carbocycles. The zero-order valence-electron chi connectivity index (χ0n) is 18.8. The predicted molar refractivity (Wildman–Crippen MR) is 130 cm³/mol. The van der Waals surface area contributed by atoms with Crippen molar-refractivity contribution in [3.63, 3.8) is 0 Å². The molecule has 5 rings (SSSR count). The highest BCUT2D eigenvalue weighted by atomic mass is 16.5. The van der Waals surface area contributed by atoms with Crippen LogP contribution in [0.4, 0.5) is 5.69 Å². The van der Waals surface area contributed by atoms with Gasteiger partial charge in [-0.25, -0.2) is 4.99 Å². The van der Waals surface area contributed by atoms with Crippen LogP contribution < -0.4 is 21.3 Å². The number of nitrogens with zero attached hydrogens (tertiary/aromatic N) is 3. The number of fused-ring (bicyclic) bond motifs is 2. The number of hydrogen-bond acceptors (Lipinski definition) is 4. The molecular weight excluding hydrogens is 428 g/mol. The third-order valence-corrected chi connectivity index (χ3v) is 6.05. The first kappa shape index (κ1) is 21.5. The summed E-state index contributed by atoms with van der Waals surface area (Å²) >= 11 is 0. The van der Waals surface area contributed by atoms with Gasteiger partial charge in [0, 0.05) is 12.6 Å². The molecule has 1 N–H and O–H groups in total. The van der Waals surface area contributed by atoms with E-state index in [-0.39, 0.29) is 24.1 Å². The summed E-state index contributed by atoms with van der Waals surface area (Å²) in [6, 6.07) is 25.1.